The number of likely N-dealkylation sites (N-methyl/N-ethyl adjacent to an activating group) is 7. The Bertz CT molecular complexity index is 2720. The lowest BCUT2D eigenvalue weighted by Crippen LogP contribution is -2.64. The van der Waals surface area contributed by atoms with Crippen LogP contribution in [0.1, 0.15) is 189 Å². The molecule has 0 aromatic heterocycles. The molecule has 1 aliphatic rings. The number of amides is 11. The summed E-state index contributed by atoms with van der Waals surface area (Å²) in [5, 5.41) is 34.8. The van der Waals surface area contributed by atoms with E-state index in [-0.39, 0.29) is 74.6 Å². The highest BCUT2D eigenvalue weighted by molar-refractivity contribution is 7.99. The number of thioether (sulfide) groups is 1. The summed E-state index contributed by atoms with van der Waals surface area (Å²) in [5.74, 6) is -11.3. The zero-order valence-electron chi connectivity index (χ0n) is 64.9. The Morgan fingerprint density at radius 3 is 1.46 bits per heavy atom. The number of allylic oxidation sites excluding steroid dienone is 2. The number of carbonyl (C=O) groups is 12. The van der Waals surface area contributed by atoms with E-state index in [0.29, 0.717) is 25.0 Å². The van der Waals surface area contributed by atoms with E-state index in [0.717, 1.165) is 14.7 Å². The maximum absolute atomic E-state index is 15.5. The fourth-order valence-electron chi connectivity index (χ4n) is 12.4. The Kier molecular flexibility index (Phi) is 38.6. The SMILES string of the molecule is C/C=C/C[C@@H](C)[C@@H](O)[C@H]1C(=O)N[C@@H](CC)C(=O)N(C)[C@H](CSCC[C@@H](CCC)C(=O)OCC)C(=O)N(C)[C@@H](CC(C)(C)O)C(=O)N[C@@H](C(C)C)C(=O)N(C)[C@@H](CC(C)C)C(=O)N[C@@H](C)C(=O)N[C@H](C)C(=O)N(C)[C@@H](CC(C)C)C(=O)N(C)[C@@H](CC(C)C)C(=O)N(C)[C@@H](C(C)C)C(=O)N1C. The fourth-order valence-corrected chi connectivity index (χ4v) is 13.6. The van der Waals surface area contributed by atoms with Crippen LogP contribution in [-0.2, 0) is 62.3 Å². The fraction of sp³-hybridized carbons (Fsp3) is 0.806. The summed E-state index contributed by atoms with van der Waals surface area (Å²) < 4.78 is 5.37. The van der Waals surface area contributed by atoms with Gasteiger partial charge in [0.1, 0.15) is 66.5 Å². The molecule has 568 valence electrons. The molecule has 0 spiro atoms. The molecule has 0 radical (unpaired) electrons. The van der Waals surface area contributed by atoms with E-state index in [9.17, 15) is 34.2 Å². The molecule has 99 heavy (non-hydrogen) atoms. The minimum Gasteiger partial charge on any atom is -0.466 e. The number of hydrogen-bond acceptors (Lipinski definition) is 16. The summed E-state index contributed by atoms with van der Waals surface area (Å²) in [6.45, 7) is 32.6. The molecule has 6 N–H and O–H groups in total. The number of nitrogens with one attached hydrogen (secondary N) is 4. The molecule has 0 aromatic rings. The van der Waals surface area contributed by atoms with Crippen molar-refractivity contribution in [3.8, 4) is 0 Å². The van der Waals surface area contributed by atoms with Crippen LogP contribution in [0.25, 0.3) is 0 Å². The van der Waals surface area contributed by atoms with Gasteiger partial charge in [-0.1, -0.05) is 109 Å². The first kappa shape index (κ1) is 90.7. The maximum atomic E-state index is 15.5. The van der Waals surface area contributed by atoms with Crippen molar-refractivity contribution in [1.29, 1.82) is 0 Å². The van der Waals surface area contributed by atoms with Crippen LogP contribution in [0, 0.1) is 41.4 Å². The summed E-state index contributed by atoms with van der Waals surface area (Å²) in [7, 11) is 9.74. The summed E-state index contributed by atoms with van der Waals surface area (Å²) in [6.07, 6.45) is 3.72. The summed E-state index contributed by atoms with van der Waals surface area (Å²) in [5.41, 5.74) is -1.63. The van der Waals surface area contributed by atoms with Gasteiger partial charge in [-0.15, -0.1) is 0 Å². The van der Waals surface area contributed by atoms with Crippen molar-refractivity contribution in [3.05, 3.63) is 12.2 Å². The van der Waals surface area contributed by atoms with Crippen LogP contribution >= 0.6 is 11.8 Å². The molecule has 14 atom stereocenters. The van der Waals surface area contributed by atoms with Gasteiger partial charge in [0.05, 0.1) is 24.2 Å². The highest BCUT2D eigenvalue weighted by atomic mass is 32.2. The number of rotatable bonds is 24. The molecule has 27 heteroatoms. The highest BCUT2D eigenvalue weighted by Gasteiger charge is 2.47. The van der Waals surface area contributed by atoms with Crippen LogP contribution in [0.5, 0.6) is 0 Å². The van der Waals surface area contributed by atoms with Gasteiger partial charge in [-0.25, -0.2) is 0 Å². The topological polar surface area (TPSA) is 325 Å². The molecule has 1 fully saturated rings. The van der Waals surface area contributed by atoms with Crippen LogP contribution in [0.3, 0.4) is 0 Å². The largest absolute Gasteiger partial charge is 0.466 e. The average molecular weight is 1420 g/mol. The van der Waals surface area contributed by atoms with Gasteiger partial charge in [-0.2, -0.15) is 11.8 Å². The summed E-state index contributed by atoms with van der Waals surface area (Å²) in [4.78, 5) is 186. The predicted molar refractivity (Wildman–Crippen MR) is 386 cm³/mol. The van der Waals surface area contributed by atoms with Crippen molar-refractivity contribution in [3.63, 3.8) is 0 Å². The lowest BCUT2D eigenvalue weighted by atomic mass is 9.91. The number of nitrogens with zero attached hydrogens (tertiary/aromatic N) is 7. The zero-order valence-corrected chi connectivity index (χ0v) is 65.7. The van der Waals surface area contributed by atoms with E-state index in [2.05, 4.69) is 21.3 Å². The van der Waals surface area contributed by atoms with Gasteiger partial charge in [0, 0.05) is 61.5 Å². The van der Waals surface area contributed by atoms with Gasteiger partial charge in [0.15, 0.2) is 0 Å². The second kappa shape index (κ2) is 42.2. The third kappa shape index (κ3) is 26.8. The molecular formula is C72H129N11O15S. The molecular weight excluding hydrogens is 1290 g/mol. The molecule has 0 saturated carbocycles. The third-order valence-electron chi connectivity index (χ3n) is 18.5. The molecule has 1 aliphatic heterocycles. The lowest BCUT2D eigenvalue weighted by Gasteiger charge is -2.41. The second-order valence-electron chi connectivity index (χ2n) is 29.8. The molecule has 1 heterocycles. The van der Waals surface area contributed by atoms with Crippen molar-refractivity contribution in [2.45, 2.75) is 268 Å². The number of esters is 1. The number of carbonyl (C=O) groups excluding carboxylic acids is 12. The van der Waals surface area contributed by atoms with E-state index in [1.165, 1.54) is 108 Å². The van der Waals surface area contributed by atoms with Crippen molar-refractivity contribution < 1.29 is 72.5 Å². The molecule has 1 rings (SSSR count). The van der Waals surface area contributed by atoms with Crippen molar-refractivity contribution >= 4 is 82.7 Å². The second-order valence-corrected chi connectivity index (χ2v) is 30.9. The first-order valence-corrected chi connectivity index (χ1v) is 36.8. The zero-order chi connectivity index (χ0) is 76.6. The molecule has 11 amide bonds. The van der Waals surface area contributed by atoms with E-state index < -0.39 is 167 Å². The van der Waals surface area contributed by atoms with Crippen LogP contribution in [0.4, 0.5) is 0 Å². The molecule has 0 aliphatic carbocycles. The lowest BCUT2D eigenvalue weighted by molar-refractivity contribution is -0.157. The van der Waals surface area contributed by atoms with E-state index in [4.69, 9.17) is 4.74 Å². The first-order valence-electron chi connectivity index (χ1n) is 35.7. The number of aliphatic hydroxyl groups excluding tert-OH is 1. The molecule has 0 unspecified atom stereocenters. The number of ether oxygens (including phenoxy) is 1. The van der Waals surface area contributed by atoms with E-state index in [1.54, 1.807) is 67.5 Å². The minimum atomic E-state index is -1.70. The van der Waals surface area contributed by atoms with E-state index in [1.807, 2.05) is 48.5 Å². The molecule has 0 bridgehead atoms. The van der Waals surface area contributed by atoms with Gasteiger partial charge in [-0.3, -0.25) is 57.5 Å². The Hall–Kier alpha value is -6.35. The van der Waals surface area contributed by atoms with Crippen molar-refractivity contribution in [2.24, 2.45) is 41.4 Å². The standard InChI is InChI=1S/C72H129N11O15S/c1-27-31-33-46(15)59(84)58-63(88)75-50(29-3)65(90)81(24)55(40-99-35-34-49(32-28-2)71(96)98-30-4)68(93)80(23)54(39-72(18,19)97)62(87)76-56(44(11)12)69(94)77(20)51(36-41(5)6)61(86)73-47(16)60(85)74-48(17)64(89)78(21)52(37-42(7)8)66(91)79(22)53(38-43(9)10)67(92)82(25)57(45(13)14)70(95)83(58)26/h27,31,41-59,84,97H,28-30,32-40H2,1-26H3,(H,73,86)(H,74,85)(H,75,88)(H,76,87)/b31-27+/t46-,47+,48-,49-,50+,51+,52+,53+,54+,55-,56+,57+,58+,59-/m1/s1. The van der Waals surface area contributed by atoms with Gasteiger partial charge < -0.3 is 70.5 Å². The monoisotopic (exact) mass is 1420 g/mol. The predicted octanol–water partition coefficient (Wildman–Crippen LogP) is 4.86. The first-order chi connectivity index (χ1) is 45.8. The Balaban J connectivity index is 4.63. The normalized spacial score (nSPS) is 25.9. The minimum absolute atomic E-state index is 0.0709. The number of aliphatic hydroxyl groups is 2. The van der Waals surface area contributed by atoms with Crippen LogP contribution in [0.15, 0.2) is 12.2 Å². The van der Waals surface area contributed by atoms with Gasteiger partial charge in [0.2, 0.25) is 65.0 Å². The van der Waals surface area contributed by atoms with Crippen LogP contribution in [-0.4, -0.2) is 261 Å². The van der Waals surface area contributed by atoms with Gasteiger partial charge >= 0.3 is 5.97 Å². The average Bonchev–Trinajstić information content (AvgIpc) is 0.806. The third-order valence-corrected chi connectivity index (χ3v) is 19.6. The Morgan fingerprint density at radius 2 is 0.990 bits per heavy atom. The Morgan fingerprint density at radius 1 is 0.535 bits per heavy atom. The van der Waals surface area contributed by atoms with E-state index >= 15 is 33.6 Å². The van der Waals surface area contributed by atoms with Crippen molar-refractivity contribution in [2.75, 3.05) is 67.4 Å². The van der Waals surface area contributed by atoms with Gasteiger partial charge in [-0.05, 0) is 128 Å². The number of hydrogen-bond donors (Lipinski definition) is 6. The maximum Gasteiger partial charge on any atom is 0.308 e. The highest BCUT2D eigenvalue weighted by Crippen LogP contribution is 2.28. The summed E-state index contributed by atoms with van der Waals surface area (Å²) >= 11 is 1.26. The molecule has 1 saturated heterocycles. The smallest absolute Gasteiger partial charge is 0.308 e. The Labute approximate surface area is 596 Å². The van der Waals surface area contributed by atoms with Crippen LogP contribution < -0.4 is 21.3 Å². The van der Waals surface area contributed by atoms with Crippen LogP contribution in [0.2, 0.25) is 0 Å². The summed E-state index contributed by atoms with van der Waals surface area (Å²) in [6, 6.07) is -14.8. The molecule has 0 aromatic carbocycles. The quantitative estimate of drug-likeness (QED) is 0.0427. The molecule has 26 nitrogen and oxygen atoms in total. The van der Waals surface area contributed by atoms with Crippen molar-refractivity contribution in [1.82, 2.24) is 55.6 Å². The van der Waals surface area contributed by atoms with Gasteiger partial charge in [0.25, 0.3) is 0 Å².